The lowest BCUT2D eigenvalue weighted by molar-refractivity contribution is -0.384. The van der Waals surface area contributed by atoms with E-state index in [1.165, 1.54) is 36.3 Å². The molecule has 1 saturated heterocycles. The summed E-state index contributed by atoms with van der Waals surface area (Å²) in [6.07, 6.45) is -0.214. The van der Waals surface area contributed by atoms with E-state index in [0.29, 0.717) is 28.5 Å². The van der Waals surface area contributed by atoms with Crippen LogP contribution in [0.25, 0.3) is 0 Å². The molecule has 0 bridgehead atoms. The molecule has 3 aromatic carbocycles. The van der Waals surface area contributed by atoms with Crippen LogP contribution in [0.5, 0.6) is 17.2 Å². The van der Waals surface area contributed by atoms with Gasteiger partial charge in [0.2, 0.25) is 12.7 Å². The highest BCUT2D eigenvalue weighted by Crippen LogP contribution is 2.34. The third-order valence-electron chi connectivity index (χ3n) is 6.21. The average molecular weight is 503 g/mol. The first-order chi connectivity index (χ1) is 17.9. The number of nitrogens with zero attached hydrogens (tertiary/aromatic N) is 3. The van der Waals surface area contributed by atoms with E-state index < -0.39 is 28.7 Å². The Labute approximate surface area is 210 Å². The molecule has 11 nitrogen and oxygen atoms in total. The summed E-state index contributed by atoms with van der Waals surface area (Å²) in [6.45, 7) is 0.0727. The van der Waals surface area contributed by atoms with Gasteiger partial charge in [-0.1, -0.05) is 6.07 Å². The Morgan fingerprint density at radius 3 is 2.43 bits per heavy atom. The first kappa shape index (κ1) is 23.8. The minimum absolute atomic E-state index is 0.00734. The fraction of sp³-hybridized carbons (Fsp3) is 0.192. The van der Waals surface area contributed by atoms with E-state index in [4.69, 9.17) is 14.2 Å². The van der Waals surface area contributed by atoms with E-state index >= 15 is 0 Å². The molecule has 1 unspecified atom stereocenters. The molecule has 2 aliphatic rings. The number of ether oxygens (including phenoxy) is 3. The number of amides is 3. The van der Waals surface area contributed by atoms with Crippen molar-refractivity contribution in [2.24, 2.45) is 0 Å². The zero-order valence-corrected chi connectivity index (χ0v) is 19.7. The lowest BCUT2D eigenvalue weighted by atomic mass is 10.1. The molecular weight excluding hydrogens is 482 g/mol. The van der Waals surface area contributed by atoms with Gasteiger partial charge < -0.3 is 19.1 Å². The SMILES string of the molecule is COc1ccc(N2C(=O)CC(N(Cc3ccc4c(c3)OCO4)C(=O)c3ccc([N+](=O)[O-])cc3)C2=O)cc1. The van der Waals surface area contributed by atoms with Crippen molar-refractivity contribution in [3.05, 3.63) is 88.0 Å². The summed E-state index contributed by atoms with van der Waals surface area (Å²) >= 11 is 0. The number of non-ortho nitro benzene ring substituents is 1. The Morgan fingerprint density at radius 1 is 1.05 bits per heavy atom. The van der Waals surface area contributed by atoms with Crippen molar-refractivity contribution >= 4 is 29.1 Å². The van der Waals surface area contributed by atoms with Gasteiger partial charge in [-0.3, -0.25) is 24.5 Å². The number of hydrogen-bond donors (Lipinski definition) is 0. The molecule has 188 valence electrons. The molecule has 0 N–H and O–H groups in total. The molecule has 0 aliphatic carbocycles. The average Bonchev–Trinajstić information content (AvgIpc) is 3.50. The number of carbonyl (C=O) groups excluding carboxylic acids is 3. The number of methoxy groups -OCH3 is 1. The van der Waals surface area contributed by atoms with E-state index in [1.807, 2.05) is 0 Å². The fourth-order valence-corrected chi connectivity index (χ4v) is 4.31. The van der Waals surface area contributed by atoms with Crippen molar-refractivity contribution in [3.8, 4) is 17.2 Å². The molecular formula is C26H21N3O8. The highest BCUT2D eigenvalue weighted by Gasteiger charge is 2.44. The Kier molecular flexibility index (Phi) is 6.18. The number of imide groups is 1. The molecule has 37 heavy (non-hydrogen) atoms. The van der Waals surface area contributed by atoms with Gasteiger partial charge in [-0.05, 0) is 54.1 Å². The smallest absolute Gasteiger partial charge is 0.269 e. The molecule has 1 fully saturated rings. The van der Waals surface area contributed by atoms with Crippen LogP contribution >= 0.6 is 0 Å². The van der Waals surface area contributed by atoms with Crippen LogP contribution < -0.4 is 19.1 Å². The van der Waals surface area contributed by atoms with E-state index in [2.05, 4.69) is 0 Å². The predicted molar refractivity (Wildman–Crippen MR) is 129 cm³/mol. The van der Waals surface area contributed by atoms with Crippen LogP contribution in [0, 0.1) is 10.1 Å². The molecule has 2 heterocycles. The zero-order valence-electron chi connectivity index (χ0n) is 19.7. The lowest BCUT2D eigenvalue weighted by Crippen LogP contribution is -2.45. The molecule has 0 saturated carbocycles. The van der Waals surface area contributed by atoms with Crippen molar-refractivity contribution in [2.45, 2.75) is 19.0 Å². The van der Waals surface area contributed by atoms with Crippen molar-refractivity contribution in [1.82, 2.24) is 4.90 Å². The number of benzene rings is 3. The molecule has 2 aliphatic heterocycles. The standard InChI is InChI=1S/C26H21N3O8/c1-35-20-9-7-18(8-10-20)28-24(30)13-21(26(28)32)27(14-16-2-11-22-23(12-16)37-15-36-22)25(31)17-3-5-19(6-4-17)29(33)34/h2-12,21H,13-15H2,1H3. The molecule has 0 spiro atoms. The predicted octanol–water partition coefficient (Wildman–Crippen LogP) is 3.31. The number of nitro groups is 1. The molecule has 11 heteroatoms. The molecule has 3 aromatic rings. The van der Waals surface area contributed by atoms with Gasteiger partial charge >= 0.3 is 0 Å². The second kappa shape index (κ2) is 9.61. The molecule has 0 radical (unpaired) electrons. The van der Waals surface area contributed by atoms with E-state index in [-0.39, 0.29) is 31.0 Å². The highest BCUT2D eigenvalue weighted by molar-refractivity contribution is 6.23. The van der Waals surface area contributed by atoms with Crippen molar-refractivity contribution in [1.29, 1.82) is 0 Å². The summed E-state index contributed by atoms with van der Waals surface area (Å²) in [5, 5.41) is 11.0. The Hall–Kier alpha value is -4.93. The summed E-state index contributed by atoms with van der Waals surface area (Å²) in [7, 11) is 1.51. The quantitative estimate of drug-likeness (QED) is 0.273. The van der Waals surface area contributed by atoms with Gasteiger partial charge in [-0.2, -0.15) is 0 Å². The maximum atomic E-state index is 13.6. The van der Waals surface area contributed by atoms with Crippen LogP contribution in [-0.2, 0) is 16.1 Å². The second-order valence-electron chi connectivity index (χ2n) is 8.41. The number of fused-ring (bicyclic) bond motifs is 1. The van der Waals surface area contributed by atoms with Crippen molar-refractivity contribution in [2.75, 3.05) is 18.8 Å². The van der Waals surface area contributed by atoms with Crippen LogP contribution in [-0.4, -0.2) is 47.5 Å². The fourth-order valence-electron chi connectivity index (χ4n) is 4.31. The summed E-state index contributed by atoms with van der Waals surface area (Å²) in [5.74, 6) is 0.0923. The highest BCUT2D eigenvalue weighted by atomic mass is 16.7. The molecule has 1 atom stereocenters. The van der Waals surface area contributed by atoms with Gasteiger partial charge in [0.15, 0.2) is 11.5 Å². The number of carbonyl (C=O) groups is 3. The number of anilines is 1. The van der Waals surface area contributed by atoms with Crippen LogP contribution in [0.15, 0.2) is 66.7 Å². The van der Waals surface area contributed by atoms with E-state index in [0.717, 1.165) is 4.90 Å². The van der Waals surface area contributed by atoms with Crippen LogP contribution in [0.4, 0.5) is 11.4 Å². The second-order valence-corrected chi connectivity index (χ2v) is 8.41. The summed E-state index contributed by atoms with van der Waals surface area (Å²) in [5.41, 5.74) is 0.998. The largest absolute Gasteiger partial charge is 0.497 e. The van der Waals surface area contributed by atoms with Crippen molar-refractivity contribution < 1.29 is 33.5 Å². The lowest BCUT2D eigenvalue weighted by Gasteiger charge is -2.28. The van der Waals surface area contributed by atoms with Gasteiger partial charge in [-0.25, -0.2) is 4.90 Å². The van der Waals surface area contributed by atoms with Gasteiger partial charge in [0, 0.05) is 24.2 Å². The number of nitro benzene ring substituents is 1. The van der Waals surface area contributed by atoms with Gasteiger partial charge in [0.25, 0.3) is 17.5 Å². The number of hydrogen-bond acceptors (Lipinski definition) is 8. The third kappa shape index (κ3) is 4.54. The zero-order chi connectivity index (χ0) is 26.1. The number of rotatable bonds is 7. The van der Waals surface area contributed by atoms with E-state index in [9.17, 15) is 24.5 Å². The maximum Gasteiger partial charge on any atom is 0.269 e. The van der Waals surface area contributed by atoms with Crippen molar-refractivity contribution in [3.63, 3.8) is 0 Å². The van der Waals surface area contributed by atoms with E-state index in [1.54, 1.807) is 42.5 Å². The minimum atomic E-state index is -1.08. The summed E-state index contributed by atoms with van der Waals surface area (Å²) < 4.78 is 15.9. The monoisotopic (exact) mass is 503 g/mol. The Morgan fingerprint density at radius 2 is 1.76 bits per heavy atom. The maximum absolute atomic E-state index is 13.6. The van der Waals surface area contributed by atoms with Gasteiger partial charge in [-0.15, -0.1) is 0 Å². The topological polar surface area (TPSA) is 129 Å². The summed E-state index contributed by atoms with van der Waals surface area (Å²) in [4.78, 5) is 53.0. The van der Waals surface area contributed by atoms with Crippen LogP contribution in [0.2, 0.25) is 0 Å². The van der Waals surface area contributed by atoms with Crippen LogP contribution in [0.1, 0.15) is 22.3 Å². The summed E-state index contributed by atoms with van der Waals surface area (Å²) in [6, 6.07) is 15.6. The Balaban J connectivity index is 1.48. The first-order valence-electron chi connectivity index (χ1n) is 11.3. The minimum Gasteiger partial charge on any atom is -0.497 e. The van der Waals surface area contributed by atoms with Gasteiger partial charge in [0.05, 0.1) is 24.1 Å². The molecule has 0 aromatic heterocycles. The third-order valence-corrected chi connectivity index (χ3v) is 6.21. The van der Waals surface area contributed by atoms with Crippen LogP contribution in [0.3, 0.4) is 0 Å². The normalized spacial score (nSPS) is 16.1. The first-order valence-corrected chi connectivity index (χ1v) is 11.3. The molecule has 5 rings (SSSR count). The van der Waals surface area contributed by atoms with Gasteiger partial charge in [0.1, 0.15) is 11.8 Å². The molecule has 3 amide bonds. The Bertz CT molecular complexity index is 1390.